The van der Waals surface area contributed by atoms with E-state index in [1.165, 1.54) is 0 Å². The highest BCUT2D eigenvalue weighted by Gasteiger charge is 2.29. The number of aryl methyl sites for hydroxylation is 1. The number of fused-ring (bicyclic) bond motifs is 1. The summed E-state index contributed by atoms with van der Waals surface area (Å²) in [5.74, 6) is 1.41. The van der Waals surface area contributed by atoms with Crippen molar-refractivity contribution in [2.24, 2.45) is 10.9 Å². The molecule has 0 radical (unpaired) electrons. The van der Waals surface area contributed by atoms with Gasteiger partial charge in [0.05, 0.1) is 5.39 Å². The first-order valence-corrected chi connectivity index (χ1v) is 6.17. The number of benzene rings is 1. The maximum atomic E-state index is 8.80. The van der Waals surface area contributed by atoms with E-state index in [1.54, 1.807) is 13.8 Å². The molecule has 5 heteroatoms. The standard InChI is InChI=1S/C14H18N2O3/c1-4-10-12(19-14(2,3)13(15)16-17)9-7-5-6-8-11(9)18-10/h5-8,17H,4H2,1-3H3,(H2,15,16). The average Bonchev–Trinajstić information content (AvgIpc) is 2.75. The van der Waals surface area contributed by atoms with Crippen molar-refractivity contribution in [1.29, 1.82) is 0 Å². The van der Waals surface area contributed by atoms with Crippen LogP contribution in [0.3, 0.4) is 0 Å². The largest absolute Gasteiger partial charge is 0.476 e. The predicted octanol–water partition coefficient (Wildman–Crippen LogP) is 2.90. The molecule has 0 bridgehead atoms. The number of rotatable bonds is 4. The third-order valence-corrected chi connectivity index (χ3v) is 3.02. The molecular weight excluding hydrogens is 244 g/mol. The SMILES string of the molecule is CCc1oc2ccccc2c1OC(C)(C)C(N)=NO. The fourth-order valence-electron chi connectivity index (χ4n) is 1.84. The molecule has 2 rings (SSSR count). The maximum absolute atomic E-state index is 8.80. The molecule has 0 spiro atoms. The van der Waals surface area contributed by atoms with Crippen LogP contribution in [0.5, 0.6) is 5.75 Å². The summed E-state index contributed by atoms with van der Waals surface area (Å²) in [6.45, 7) is 5.47. The van der Waals surface area contributed by atoms with Crippen LogP contribution in [0.4, 0.5) is 0 Å². The number of furan rings is 1. The molecule has 0 unspecified atom stereocenters. The van der Waals surface area contributed by atoms with Crippen LogP contribution < -0.4 is 10.5 Å². The lowest BCUT2D eigenvalue weighted by Gasteiger charge is -2.24. The minimum absolute atomic E-state index is 0.0137. The van der Waals surface area contributed by atoms with Gasteiger partial charge in [-0.2, -0.15) is 0 Å². The highest BCUT2D eigenvalue weighted by Crippen LogP contribution is 2.35. The van der Waals surface area contributed by atoms with Crippen LogP contribution in [0, 0.1) is 0 Å². The highest BCUT2D eigenvalue weighted by atomic mass is 16.5. The number of oxime groups is 1. The molecule has 102 valence electrons. The number of para-hydroxylation sites is 1. The zero-order valence-corrected chi connectivity index (χ0v) is 11.3. The monoisotopic (exact) mass is 262 g/mol. The summed E-state index contributed by atoms with van der Waals surface area (Å²) in [7, 11) is 0. The zero-order valence-electron chi connectivity index (χ0n) is 11.3. The summed E-state index contributed by atoms with van der Waals surface area (Å²) in [5.41, 5.74) is 5.50. The molecule has 0 atom stereocenters. The lowest BCUT2D eigenvalue weighted by Crippen LogP contribution is -2.43. The topological polar surface area (TPSA) is 81.0 Å². The van der Waals surface area contributed by atoms with Crippen LogP contribution in [0.25, 0.3) is 11.0 Å². The van der Waals surface area contributed by atoms with E-state index in [2.05, 4.69) is 5.16 Å². The van der Waals surface area contributed by atoms with E-state index in [0.717, 1.165) is 16.7 Å². The molecule has 1 aromatic carbocycles. The highest BCUT2D eigenvalue weighted by molar-refractivity contribution is 5.90. The lowest BCUT2D eigenvalue weighted by molar-refractivity contribution is 0.171. The number of nitrogens with two attached hydrogens (primary N) is 1. The second kappa shape index (κ2) is 4.84. The van der Waals surface area contributed by atoms with E-state index < -0.39 is 5.60 Å². The van der Waals surface area contributed by atoms with Crippen molar-refractivity contribution >= 4 is 16.8 Å². The molecule has 0 amide bonds. The average molecular weight is 262 g/mol. The summed E-state index contributed by atoms with van der Waals surface area (Å²) in [5, 5.41) is 12.7. The Balaban J connectivity index is 2.50. The van der Waals surface area contributed by atoms with Crippen LogP contribution in [-0.4, -0.2) is 16.6 Å². The molecule has 0 saturated carbocycles. The molecule has 2 aromatic rings. The summed E-state index contributed by atoms with van der Waals surface area (Å²) in [6, 6.07) is 7.64. The van der Waals surface area contributed by atoms with Gasteiger partial charge in [0.25, 0.3) is 0 Å². The third kappa shape index (κ3) is 2.36. The lowest BCUT2D eigenvalue weighted by atomic mass is 10.1. The predicted molar refractivity (Wildman–Crippen MR) is 73.7 cm³/mol. The van der Waals surface area contributed by atoms with Gasteiger partial charge in [-0.1, -0.05) is 24.2 Å². The van der Waals surface area contributed by atoms with E-state index >= 15 is 0 Å². The summed E-state index contributed by atoms with van der Waals surface area (Å²) >= 11 is 0. The van der Waals surface area contributed by atoms with Crippen molar-refractivity contribution < 1.29 is 14.4 Å². The van der Waals surface area contributed by atoms with Crippen molar-refractivity contribution in [3.8, 4) is 5.75 Å². The van der Waals surface area contributed by atoms with Gasteiger partial charge < -0.3 is 20.1 Å². The van der Waals surface area contributed by atoms with E-state index in [4.69, 9.17) is 20.1 Å². The first-order chi connectivity index (χ1) is 8.99. The molecule has 1 aromatic heterocycles. The van der Waals surface area contributed by atoms with E-state index in [1.807, 2.05) is 31.2 Å². The van der Waals surface area contributed by atoms with Crippen LogP contribution in [0.1, 0.15) is 26.5 Å². The fraction of sp³-hybridized carbons (Fsp3) is 0.357. The first kappa shape index (κ1) is 13.3. The fourth-order valence-corrected chi connectivity index (χ4v) is 1.84. The van der Waals surface area contributed by atoms with Gasteiger partial charge in [-0.15, -0.1) is 0 Å². The Morgan fingerprint density at radius 3 is 2.74 bits per heavy atom. The van der Waals surface area contributed by atoms with Crippen LogP contribution in [-0.2, 0) is 6.42 Å². The molecule has 0 saturated heterocycles. The molecule has 1 heterocycles. The Kier molecular flexibility index (Phi) is 3.38. The van der Waals surface area contributed by atoms with Crippen molar-refractivity contribution in [3.63, 3.8) is 0 Å². The van der Waals surface area contributed by atoms with Gasteiger partial charge in [-0.25, -0.2) is 0 Å². The number of hydrogen-bond acceptors (Lipinski definition) is 4. The quantitative estimate of drug-likeness (QED) is 0.384. The van der Waals surface area contributed by atoms with Gasteiger partial charge in [-0.3, -0.25) is 0 Å². The van der Waals surface area contributed by atoms with E-state index in [9.17, 15) is 0 Å². The number of hydrogen-bond donors (Lipinski definition) is 2. The molecule has 0 aliphatic rings. The summed E-state index contributed by atoms with van der Waals surface area (Å²) < 4.78 is 11.7. The Morgan fingerprint density at radius 1 is 1.42 bits per heavy atom. The van der Waals surface area contributed by atoms with Gasteiger partial charge in [0.15, 0.2) is 17.2 Å². The molecule has 3 N–H and O–H groups in total. The van der Waals surface area contributed by atoms with Gasteiger partial charge in [0.1, 0.15) is 11.3 Å². The molecule has 0 fully saturated rings. The molecule has 0 aliphatic carbocycles. The molecule has 0 aliphatic heterocycles. The first-order valence-electron chi connectivity index (χ1n) is 6.17. The summed E-state index contributed by atoms with van der Waals surface area (Å²) in [6.07, 6.45) is 0.705. The number of ether oxygens (including phenoxy) is 1. The zero-order chi connectivity index (χ0) is 14.0. The minimum atomic E-state index is -0.911. The Bertz CT molecular complexity index is 614. The number of amidine groups is 1. The van der Waals surface area contributed by atoms with Crippen LogP contribution in [0.2, 0.25) is 0 Å². The van der Waals surface area contributed by atoms with Crippen LogP contribution >= 0.6 is 0 Å². The number of nitrogens with zero attached hydrogens (tertiary/aromatic N) is 1. The molecular formula is C14H18N2O3. The van der Waals surface area contributed by atoms with Gasteiger partial charge in [0.2, 0.25) is 0 Å². The summed E-state index contributed by atoms with van der Waals surface area (Å²) in [4.78, 5) is 0. The Morgan fingerprint density at radius 2 is 2.11 bits per heavy atom. The second-order valence-corrected chi connectivity index (χ2v) is 4.80. The molecule has 19 heavy (non-hydrogen) atoms. The second-order valence-electron chi connectivity index (χ2n) is 4.80. The molecule has 5 nitrogen and oxygen atoms in total. The smallest absolute Gasteiger partial charge is 0.182 e. The van der Waals surface area contributed by atoms with Gasteiger partial charge in [-0.05, 0) is 26.0 Å². The Labute approximate surface area is 111 Å². The van der Waals surface area contributed by atoms with Crippen molar-refractivity contribution in [1.82, 2.24) is 0 Å². The van der Waals surface area contributed by atoms with Gasteiger partial charge in [0, 0.05) is 6.42 Å². The normalized spacial score (nSPS) is 12.9. The van der Waals surface area contributed by atoms with Crippen molar-refractivity contribution in [2.75, 3.05) is 0 Å². The van der Waals surface area contributed by atoms with Gasteiger partial charge >= 0.3 is 0 Å². The van der Waals surface area contributed by atoms with Crippen molar-refractivity contribution in [3.05, 3.63) is 30.0 Å². The third-order valence-electron chi connectivity index (χ3n) is 3.02. The van der Waals surface area contributed by atoms with E-state index in [-0.39, 0.29) is 5.84 Å². The van der Waals surface area contributed by atoms with Crippen molar-refractivity contribution in [2.45, 2.75) is 32.8 Å². The van der Waals surface area contributed by atoms with E-state index in [0.29, 0.717) is 12.2 Å². The Hall–Kier alpha value is -2.17. The van der Waals surface area contributed by atoms with Crippen LogP contribution in [0.15, 0.2) is 33.8 Å². The minimum Gasteiger partial charge on any atom is -0.476 e. The maximum Gasteiger partial charge on any atom is 0.182 e.